The molecule has 0 radical (unpaired) electrons. The molecule has 1 saturated heterocycles. The summed E-state index contributed by atoms with van der Waals surface area (Å²) in [5.74, 6) is 0. The van der Waals surface area contributed by atoms with E-state index in [9.17, 15) is 0 Å². The second-order valence-corrected chi connectivity index (χ2v) is 5.89. The van der Waals surface area contributed by atoms with Crippen LogP contribution in [-0.4, -0.2) is 18.2 Å². The average Bonchev–Trinajstić information content (AvgIpc) is 2.46. The van der Waals surface area contributed by atoms with Gasteiger partial charge in [0.2, 0.25) is 0 Å². The van der Waals surface area contributed by atoms with Crippen molar-refractivity contribution in [2.45, 2.75) is 64.1 Å². The van der Waals surface area contributed by atoms with Gasteiger partial charge in [-0.05, 0) is 37.5 Å². The topological polar surface area (TPSA) is 35.2 Å². The lowest BCUT2D eigenvalue weighted by atomic mass is 9.69. The quantitative estimate of drug-likeness (QED) is 0.701. The molecule has 82 valence electrons. The maximum absolute atomic E-state index is 6.15. The molecular weight excluding hydrogens is 174 g/mol. The molecule has 2 aliphatic rings. The molecule has 14 heavy (non-hydrogen) atoms. The molecule has 2 fully saturated rings. The van der Waals surface area contributed by atoms with Crippen molar-refractivity contribution in [2.75, 3.05) is 6.54 Å². The van der Waals surface area contributed by atoms with E-state index in [0.717, 1.165) is 0 Å². The van der Waals surface area contributed by atoms with Gasteiger partial charge in [-0.15, -0.1) is 0 Å². The van der Waals surface area contributed by atoms with Crippen molar-refractivity contribution in [3.63, 3.8) is 0 Å². The Labute approximate surface area is 87.2 Å². The third-order valence-corrected chi connectivity index (χ3v) is 3.89. The van der Waals surface area contributed by atoms with E-state index < -0.39 is 0 Å². The van der Waals surface area contributed by atoms with E-state index in [2.05, 4.69) is 13.8 Å². The minimum atomic E-state index is 0.200. The molecule has 0 aromatic rings. The Balaban J connectivity index is 2.03. The summed E-state index contributed by atoms with van der Waals surface area (Å²) >= 11 is 0. The normalized spacial score (nSPS) is 41.8. The van der Waals surface area contributed by atoms with Gasteiger partial charge in [0.1, 0.15) is 0 Å². The van der Waals surface area contributed by atoms with Crippen LogP contribution in [0.5, 0.6) is 0 Å². The van der Waals surface area contributed by atoms with Crippen LogP contribution in [0.2, 0.25) is 0 Å². The van der Waals surface area contributed by atoms with Crippen molar-refractivity contribution in [3.05, 3.63) is 0 Å². The minimum Gasteiger partial charge on any atom is -0.370 e. The SMILES string of the molecule is CC1(C)CCC[C@@]2(CC[C@@H](CN)O2)C1. The first-order valence-electron chi connectivity index (χ1n) is 5.93. The van der Waals surface area contributed by atoms with Gasteiger partial charge < -0.3 is 10.5 Å². The van der Waals surface area contributed by atoms with Gasteiger partial charge in [-0.3, -0.25) is 0 Å². The van der Waals surface area contributed by atoms with Crippen LogP contribution in [0.3, 0.4) is 0 Å². The largest absolute Gasteiger partial charge is 0.370 e. The Morgan fingerprint density at radius 1 is 1.29 bits per heavy atom. The maximum Gasteiger partial charge on any atom is 0.0705 e. The van der Waals surface area contributed by atoms with Crippen LogP contribution < -0.4 is 5.73 Å². The first kappa shape index (κ1) is 10.4. The number of rotatable bonds is 1. The van der Waals surface area contributed by atoms with Crippen molar-refractivity contribution in [2.24, 2.45) is 11.1 Å². The van der Waals surface area contributed by atoms with E-state index in [4.69, 9.17) is 10.5 Å². The second kappa shape index (κ2) is 3.49. The molecule has 1 saturated carbocycles. The maximum atomic E-state index is 6.15. The summed E-state index contributed by atoms with van der Waals surface area (Å²) in [6, 6.07) is 0. The predicted octanol–water partition coefficient (Wildman–Crippen LogP) is 2.46. The van der Waals surface area contributed by atoms with Crippen molar-refractivity contribution in [3.8, 4) is 0 Å². The summed E-state index contributed by atoms with van der Waals surface area (Å²) in [7, 11) is 0. The third-order valence-electron chi connectivity index (χ3n) is 3.89. The molecule has 0 aromatic carbocycles. The molecule has 0 aromatic heterocycles. The van der Waals surface area contributed by atoms with Gasteiger partial charge in [-0.25, -0.2) is 0 Å². The number of hydrogen-bond acceptors (Lipinski definition) is 2. The lowest BCUT2D eigenvalue weighted by Crippen LogP contribution is -2.39. The summed E-state index contributed by atoms with van der Waals surface area (Å²) in [6.07, 6.45) is 7.91. The van der Waals surface area contributed by atoms with Crippen LogP contribution in [0.25, 0.3) is 0 Å². The lowest BCUT2D eigenvalue weighted by molar-refractivity contribution is -0.0872. The zero-order chi connectivity index (χ0) is 10.2. The summed E-state index contributed by atoms with van der Waals surface area (Å²) in [6.45, 7) is 5.43. The molecule has 2 nitrogen and oxygen atoms in total. The Hall–Kier alpha value is -0.0800. The first-order valence-corrected chi connectivity index (χ1v) is 5.93. The number of ether oxygens (including phenoxy) is 1. The molecule has 1 aliphatic carbocycles. The van der Waals surface area contributed by atoms with Crippen LogP contribution in [0.1, 0.15) is 52.4 Å². The highest BCUT2D eigenvalue weighted by atomic mass is 16.5. The number of nitrogens with two attached hydrogens (primary N) is 1. The van der Waals surface area contributed by atoms with Gasteiger partial charge in [0.05, 0.1) is 11.7 Å². The van der Waals surface area contributed by atoms with Gasteiger partial charge in [-0.2, -0.15) is 0 Å². The fraction of sp³-hybridized carbons (Fsp3) is 1.00. The molecule has 2 N–H and O–H groups in total. The zero-order valence-corrected chi connectivity index (χ0v) is 9.51. The first-order chi connectivity index (χ1) is 6.55. The van der Waals surface area contributed by atoms with Crippen LogP contribution in [0.4, 0.5) is 0 Å². The Bertz CT molecular complexity index is 214. The zero-order valence-electron chi connectivity index (χ0n) is 9.51. The van der Waals surface area contributed by atoms with Crippen molar-refractivity contribution < 1.29 is 4.74 Å². The molecule has 0 amide bonds. The minimum absolute atomic E-state index is 0.200. The molecule has 1 aliphatic heterocycles. The standard InChI is InChI=1S/C12H23NO/c1-11(2)5-3-6-12(9-11)7-4-10(8-13)14-12/h10H,3-9,13H2,1-2H3/t10-,12+/m0/s1. The Kier molecular flexibility index (Phi) is 2.61. The summed E-state index contributed by atoms with van der Waals surface area (Å²) < 4.78 is 6.15. The van der Waals surface area contributed by atoms with Crippen molar-refractivity contribution in [1.29, 1.82) is 0 Å². The summed E-state index contributed by atoms with van der Waals surface area (Å²) in [4.78, 5) is 0. The van der Waals surface area contributed by atoms with E-state index in [1.54, 1.807) is 0 Å². The molecule has 2 heteroatoms. The fourth-order valence-electron chi connectivity index (χ4n) is 3.31. The Morgan fingerprint density at radius 3 is 2.64 bits per heavy atom. The predicted molar refractivity (Wildman–Crippen MR) is 58.1 cm³/mol. The van der Waals surface area contributed by atoms with E-state index in [1.165, 1.54) is 38.5 Å². The average molecular weight is 197 g/mol. The van der Waals surface area contributed by atoms with Gasteiger partial charge in [0.25, 0.3) is 0 Å². The molecule has 2 rings (SSSR count). The smallest absolute Gasteiger partial charge is 0.0705 e. The van der Waals surface area contributed by atoms with Gasteiger partial charge in [0.15, 0.2) is 0 Å². The molecule has 2 atom stereocenters. The van der Waals surface area contributed by atoms with E-state index in [-0.39, 0.29) is 5.60 Å². The highest BCUT2D eigenvalue weighted by Gasteiger charge is 2.45. The lowest BCUT2D eigenvalue weighted by Gasteiger charge is -2.42. The molecule has 1 heterocycles. The second-order valence-electron chi connectivity index (χ2n) is 5.89. The third kappa shape index (κ3) is 1.96. The van der Waals surface area contributed by atoms with Crippen LogP contribution in [0, 0.1) is 5.41 Å². The Morgan fingerprint density at radius 2 is 2.07 bits per heavy atom. The van der Waals surface area contributed by atoms with Crippen LogP contribution in [0.15, 0.2) is 0 Å². The fourth-order valence-corrected chi connectivity index (χ4v) is 3.31. The van der Waals surface area contributed by atoms with Gasteiger partial charge in [0, 0.05) is 6.54 Å². The summed E-state index contributed by atoms with van der Waals surface area (Å²) in [5.41, 5.74) is 6.34. The van der Waals surface area contributed by atoms with Crippen molar-refractivity contribution in [1.82, 2.24) is 0 Å². The molecule has 0 bridgehead atoms. The van der Waals surface area contributed by atoms with E-state index in [1.807, 2.05) is 0 Å². The monoisotopic (exact) mass is 197 g/mol. The number of hydrogen-bond donors (Lipinski definition) is 1. The van der Waals surface area contributed by atoms with Gasteiger partial charge in [-0.1, -0.05) is 20.3 Å². The van der Waals surface area contributed by atoms with Gasteiger partial charge >= 0.3 is 0 Å². The van der Waals surface area contributed by atoms with Crippen LogP contribution >= 0.6 is 0 Å². The molecular formula is C12H23NO. The highest BCUT2D eigenvalue weighted by molar-refractivity contribution is 4.96. The molecule has 1 spiro atoms. The highest BCUT2D eigenvalue weighted by Crippen LogP contribution is 2.48. The van der Waals surface area contributed by atoms with E-state index >= 15 is 0 Å². The summed E-state index contributed by atoms with van der Waals surface area (Å²) in [5, 5.41) is 0. The molecule has 0 unspecified atom stereocenters. The van der Waals surface area contributed by atoms with Crippen molar-refractivity contribution >= 4 is 0 Å². The van der Waals surface area contributed by atoms with Crippen LogP contribution in [-0.2, 0) is 4.74 Å². The van der Waals surface area contributed by atoms with E-state index in [0.29, 0.717) is 18.1 Å².